The Morgan fingerprint density at radius 1 is 1.18 bits per heavy atom. The SMILES string of the molecule is COc1cccc(CN2CCC[C@@H](c3cc(N)n4nc(-c5ccoc5C)cc4n3)C2)c1OC. The number of furan rings is 1. The summed E-state index contributed by atoms with van der Waals surface area (Å²) in [6.07, 6.45) is 3.85. The third-order valence-corrected chi connectivity index (χ3v) is 6.41. The van der Waals surface area contributed by atoms with Gasteiger partial charge in [-0.25, -0.2) is 4.98 Å². The number of nitrogens with zero attached hydrogens (tertiary/aromatic N) is 4. The van der Waals surface area contributed by atoms with Gasteiger partial charge in [-0.2, -0.15) is 9.61 Å². The Balaban J connectivity index is 1.39. The zero-order valence-corrected chi connectivity index (χ0v) is 19.2. The van der Waals surface area contributed by atoms with Crippen molar-refractivity contribution in [1.29, 1.82) is 0 Å². The number of likely N-dealkylation sites (tertiary alicyclic amines) is 1. The summed E-state index contributed by atoms with van der Waals surface area (Å²) < 4.78 is 18.2. The van der Waals surface area contributed by atoms with Crippen LogP contribution in [0.4, 0.5) is 5.82 Å². The summed E-state index contributed by atoms with van der Waals surface area (Å²) in [6, 6.07) is 11.9. The number of hydrogen-bond acceptors (Lipinski definition) is 7. The van der Waals surface area contributed by atoms with E-state index < -0.39 is 0 Å². The van der Waals surface area contributed by atoms with E-state index in [1.54, 1.807) is 25.0 Å². The molecule has 0 saturated carbocycles. The predicted octanol–water partition coefficient (Wildman–Crippen LogP) is 4.28. The van der Waals surface area contributed by atoms with Crippen LogP contribution in [0.1, 0.15) is 35.8 Å². The number of piperidine rings is 1. The number of anilines is 1. The van der Waals surface area contributed by atoms with Crippen LogP contribution in [0.25, 0.3) is 16.9 Å². The molecule has 0 bridgehead atoms. The van der Waals surface area contributed by atoms with E-state index in [-0.39, 0.29) is 0 Å². The maximum Gasteiger partial charge on any atom is 0.165 e. The Morgan fingerprint density at radius 2 is 2.06 bits per heavy atom. The second kappa shape index (κ2) is 8.78. The molecule has 8 heteroatoms. The molecule has 4 heterocycles. The number of nitrogen functional groups attached to an aromatic ring is 1. The van der Waals surface area contributed by atoms with Crippen LogP contribution in [0.2, 0.25) is 0 Å². The van der Waals surface area contributed by atoms with Gasteiger partial charge in [0.25, 0.3) is 0 Å². The zero-order valence-electron chi connectivity index (χ0n) is 19.2. The highest BCUT2D eigenvalue weighted by atomic mass is 16.5. The molecule has 1 aliphatic rings. The summed E-state index contributed by atoms with van der Waals surface area (Å²) in [5.41, 5.74) is 11.0. The Hall–Kier alpha value is -3.52. The predicted molar refractivity (Wildman–Crippen MR) is 127 cm³/mol. The van der Waals surface area contributed by atoms with Crippen LogP contribution in [0.3, 0.4) is 0 Å². The summed E-state index contributed by atoms with van der Waals surface area (Å²) >= 11 is 0. The molecular weight excluding hydrogens is 418 g/mol. The fraction of sp³-hybridized carbons (Fsp3) is 0.360. The molecule has 4 aromatic rings. The fourth-order valence-electron chi connectivity index (χ4n) is 4.77. The van der Waals surface area contributed by atoms with Crippen molar-refractivity contribution in [1.82, 2.24) is 19.5 Å². The third-order valence-electron chi connectivity index (χ3n) is 6.41. The van der Waals surface area contributed by atoms with E-state index in [0.29, 0.717) is 11.7 Å². The van der Waals surface area contributed by atoms with Gasteiger partial charge in [0.1, 0.15) is 11.6 Å². The maximum absolute atomic E-state index is 6.39. The molecule has 0 spiro atoms. The Kier molecular flexibility index (Phi) is 5.68. The average molecular weight is 448 g/mol. The molecule has 0 radical (unpaired) electrons. The van der Waals surface area contributed by atoms with Crippen LogP contribution in [0.15, 0.2) is 47.1 Å². The van der Waals surface area contributed by atoms with Crippen molar-refractivity contribution in [3.63, 3.8) is 0 Å². The van der Waals surface area contributed by atoms with Crippen molar-refractivity contribution in [3.8, 4) is 22.8 Å². The highest BCUT2D eigenvalue weighted by molar-refractivity contribution is 5.66. The first-order chi connectivity index (χ1) is 16.1. The van der Waals surface area contributed by atoms with E-state index in [0.717, 1.165) is 77.9 Å². The maximum atomic E-state index is 6.39. The van der Waals surface area contributed by atoms with Crippen molar-refractivity contribution in [2.24, 2.45) is 0 Å². The Labute approximate surface area is 192 Å². The van der Waals surface area contributed by atoms with Crippen molar-refractivity contribution in [2.75, 3.05) is 33.0 Å². The molecule has 1 aromatic carbocycles. The van der Waals surface area contributed by atoms with Gasteiger partial charge in [0.2, 0.25) is 0 Å². The lowest BCUT2D eigenvalue weighted by Gasteiger charge is -2.33. The summed E-state index contributed by atoms with van der Waals surface area (Å²) in [5, 5.41) is 4.64. The van der Waals surface area contributed by atoms with E-state index >= 15 is 0 Å². The molecule has 8 nitrogen and oxygen atoms in total. The molecule has 2 N–H and O–H groups in total. The molecule has 3 aromatic heterocycles. The molecular formula is C25H29N5O3. The lowest BCUT2D eigenvalue weighted by molar-refractivity contribution is 0.196. The molecule has 0 unspecified atom stereocenters. The third kappa shape index (κ3) is 4.02. The molecule has 1 saturated heterocycles. The van der Waals surface area contributed by atoms with E-state index in [4.69, 9.17) is 24.6 Å². The number of fused-ring (bicyclic) bond motifs is 1. The quantitative estimate of drug-likeness (QED) is 0.472. The van der Waals surface area contributed by atoms with Gasteiger partial charge < -0.3 is 19.6 Å². The molecule has 1 fully saturated rings. The first-order valence-electron chi connectivity index (χ1n) is 11.2. The van der Waals surface area contributed by atoms with Gasteiger partial charge >= 0.3 is 0 Å². The molecule has 1 atom stereocenters. The molecule has 5 rings (SSSR count). The van der Waals surface area contributed by atoms with Crippen LogP contribution in [-0.2, 0) is 6.54 Å². The topological polar surface area (TPSA) is 91.1 Å². The fourth-order valence-corrected chi connectivity index (χ4v) is 4.77. The summed E-state index contributed by atoms with van der Waals surface area (Å²) in [7, 11) is 3.35. The van der Waals surface area contributed by atoms with Gasteiger partial charge in [-0.3, -0.25) is 4.90 Å². The number of para-hydroxylation sites is 1. The van der Waals surface area contributed by atoms with Crippen LogP contribution in [0, 0.1) is 6.92 Å². The van der Waals surface area contributed by atoms with Crippen molar-refractivity contribution in [3.05, 3.63) is 59.7 Å². The number of nitrogens with two attached hydrogens (primary N) is 1. The summed E-state index contributed by atoms with van der Waals surface area (Å²) in [5.74, 6) is 3.28. The molecule has 0 amide bonds. The van der Waals surface area contributed by atoms with Gasteiger partial charge in [-0.15, -0.1) is 0 Å². The van der Waals surface area contributed by atoms with Crippen molar-refractivity contribution < 1.29 is 13.9 Å². The second-order valence-corrected chi connectivity index (χ2v) is 8.52. The Bertz CT molecular complexity index is 1280. The van der Waals surface area contributed by atoms with Crippen molar-refractivity contribution in [2.45, 2.75) is 32.2 Å². The number of benzene rings is 1. The molecule has 1 aliphatic heterocycles. The summed E-state index contributed by atoms with van der Waals surface area (Å²) in [6.45, 7) is 4.66. The van der Waals surface area contributed by atoms with Gasteiger partial charge in [0.05, 0.1) is 31.9 Å². The zero-order chi connectivity index (χ0) is 22.9. The highest BCUT2D eigenvalue weighted by Crippen LogP contribution is 2.34. The van der Waals surface area contributed by atoms with Gasteiger partial charge in [0, 0.05) is 42.3 Å². The van der Waals surface area contributed by atoms with Gasteiger partial charge in [0.15, 0.2) is 17.1 Å². The first kappa shape index (κ1) is 21.3. The van der Waals surface area contributed by atoms with Crippen LogP contribution >= 0.6 is 0 Å². The van der Waals surface area contributed by atoms with Gasteiger partial charge in [-0.05, 0) is 38.4 Å². The minimum Gasteiger partial charge on any atom is -0.493 e. The largest absolute Gasteiger partial charge is 0.493 e. The number of aryl methyl sites for hydroxylation is 1. The highest BCUT2D eigenvalue weighted by Gasteiger charge is 2.25. The number of methoxy groups -OCH3 is 2. The number of hydrogen-bond donors (Lipinski definition) is 1. The Morgan fingerprint density at radius 3 is 2.82 bits per heavy atom. The number of ether oxygens (including phenoxy) is 2. The lowest BCUT2D eigenvalue weighted by Crippen LogP contribution is -2.34. The van der Waals surface area contributed by atoms with Crippen LogP contribution in [0.5, 0.6) is 11.5 Å². The van der Waals surface area contributed by atoms with E-state index in [1.165, 1.54) is 0 Å². The van der Waals surface area contributed by atoms with E-state index in [9.17, 15) is 0 Å². The molecule has 0 aliphatic carbocycles. The number of aromatic nitrogens is 3. The smallest absolute Gasteiger partial charge is 0.165 e. The van der Waals surface area contributed by atoms with Gasteiger partial charge in [-0.1, -0.05) is 12.1 Å². The van der Waals surface area contributed by atoms with Crippen LogP contribution in [-0.4, -0.2) is 46.8 Å². The summed E-state index contributed by atoms with van der Waals surface area (Å²) in [4.78, 5) is 7.39. The van der Waals surface area contributed by atoms with E-state index in [1.807, 2.05) is 37.3 Å². The molecule has 172 valence electrons. The minimum absolute atomic E-state index is 0.302. The monoisotopic (exact) mass is 447 g/mol. The van der Waals surface area contributed by atoms with Crippen molar-refractivity contribution >= 4 is 11.5 Å². The van der Waals surface area contributed by atoms with E-state index in [2.05, 4.69) is 16.1 Å². The molecule has 33 heavy (non-hydrogen) atoms. The van der Waals surface area contributed by atoms with Crippen LogP contribution < -0.4 is 15.2 Å². The minimum atomic E-state index is 0.302. The average Bonchev–Trinajstić information content (AvgIpc) is 3.45. The normalized spacial score (nSPS) is 16.9. The number of rotatable bonds is 6. The first-order valence-corrected chi connectivity index (χ1v) is 11.2. The standard InChI is InChI=1S/C25H29N5O3/c1-16-19(9-11-33-16)21-13-24-27-20(12-23(26)30(24)28-21)17-7-5-10-29(14-17)15-18-6-4-8-22(31-2)25(18)32-3/h4,6,8-9,11-13,17H,5,7,10,14-15,26H2,1-3H3/t17-/m1/s1. The second-order valence-electron chi connectivity index (χ2n) is 8.52. The lowest BCUT2D eigenvalue weighted by atomic mass is 9.94.